The molecule has 0 atom stereocenters. The third-order valence-corrected chi connectivity index (χ3v) is 3.93. The van der Waals surface area contributed by atoms with E-state index in [2.05, 4.69) is 15.3 Å². The molecule has 2 aromatic rings. The molecule has 0 saturated heterocycles. The van der Waals surface area contributed by atoms with Crippen molar-refractivity contribution in [2.24, 2.45) is 5.73 Å². The molecule has 0 fully saturated rings. The summed E-state index contributed by atoms with van der Waals surface area (Å²) < 4.78 is 0. The van der Waals surface area contributed by atoms with E-state index in [1.165, 1.54) is 11.8 Å². The molecule has 3 rings (SSSR count). The molecule has 0 spiro atoms. The average Bonchev–Trinajstić information content (AvgIpc) is 2.81. The van der Waals surface area contributed by atoms with E-state index >= 15 is 0 Å². The Hall–Kier alpha value is -2.34. The van der Waals surface area contributed by atoms with Crippen LogP contribution in [-0.2, 0) is 4.79 Å². The molecule has 2 heterocycles. The van der Waals surface area contributed by atoms with Gasteiger partial charge in [0, 0.05) is 16.8 Å². The quantitative estimate of drug-likeness (QED) is 0.826. The van der Waals surface area contributed by atoms with E-state index < -0.39 is 5.91 Å². The van der Waals surface area contributed by atoms with E-state index in [4.69, 9.17) is 5.73 Å². The molecule has 0 unspecified atom stereocenters. The van der Waals surface area contributed by atoms with Gasteiger partial charge in [-0.25, -0.2) is 9.97 Å². The number of nitrogens with one attached hydrogen (secondary N) is 1. The second-order valence-electron chi connectivity index (χ2n) is 4.31. The molecular weight excluding hydrogens is 272 g/mol. The molecule has 1 aromatic carbocycles. The highest BCUT2D eigenvalue weighted by atomic mass is 32.2. The first-order valence-electron chi connectivity index (χ1n) is 6.03. The van der Waals surface area contributed by atoms with Gasteiger partial charge in [0.1, 0.15) is 5.57 Å². The number of nitrogens with two attached hydrogens (primary N) is 1. The van der Waals surface area contributed by atoms with E-state index in [-0.39, 0.29) is 0 Å². The minimum atomic E-state index is -0.543. The SMILES string of the molecule is Cc1ccnc(/C(C(N)=O)=C2/Nc3ccccc3S2)n1. The highest BCUT2D eigenvalue weighted by Gasteiger charge is 2.24. The molecule has 3 N–H and O–H groups in total. The number of fused-ring (bicyclic) bond motifs is 1. The lowest BCUT2D eigenvalue weighted by Crippen LogP contribution is -2.17. The summed E-state index contributed by atoms with van der Waals surface area (Å²) in [6, 6.07) is 9.59. The highest BCUT2D eigenvalue weighted by Crippen LogP contribution is 2.43. The van der Waals surface area contributed by atoms with Crippen LogP contribution in [0.15, 0.2) is 46.5 Å². The number of aromatic nitrogens is 2. The maximum absolute atomic E-state index is 11.8. The normalized spacial score (nSPS) is 15.4. The van der Waals surface area contributed by atoms with Crippen LogP contribution in [0.4, 0.5) is 5.69 Å². The maximum atomic E-state index is 11.8. The lowest BCUT2D eigenvalue weighted by Gasteiger charge is -2.07. The van der Waals surface area contributed by atoms with Crippen LogP contribution >= 0.6 is 11.8 Å². The molecule has 5 nitrogen and oxygen atoms in total. The Morgan fingerprint density at radius 2 is 2.10 bits per heavy atom. The van der Waals surface area contributed by atoms with Crippen LogP contribution in [0.25, 0.3) is 5.57 Å². The van der Waals surface area contributed by atoms with Crippen molar-refractivity contribution >= 4 is 28.9 Å². The van der Waals surface area contributed by atoms with Gasteiger partial charge in [-0.1, -0.05) is 23.9 Å². The summed E-state index contributed by atoms with van der Waals surface area (Å²) in [6.07, 6.45) is 1.62. The van der Waals surface area contributed by atoms with Gasteiger partial charge in [0.2, 0.25) is 0 Å². The van der Waals surface area contributed by atoms with Gasteiger partial charge in [-0.05, 0) is 25.1 Å². The van der Waals surface area contributed by atoms with Gasteiger partial charge in [-0.2, -0.15) is 0 Å². The molecule has 0 saturated carbocycles. The van der Waals surface area contributed by atoms with E-state index in [1.807, 2.05) is 31.2 Å². The first kappa shape index (κ1) is 12.7. The van der Waals surface area contributed by atoms with Crippen molar-refractivity contribution in [2.45, 2.75) is 11.8 Å². The second-order valence-corrected chi connectivity index (χ2v) is 5.37. The Morgan fingerprint density at radius 3 is 2.80 bits per heavy atom. The Balaban J connectivity index is 2.09. The topological polar surface area (TPSA) is 80.9 Å². The number of benzene rings is 1. The number of hydrogen-bond acceptors (Lipinski definition) is 5. The average molecular weight is 284 g/mol. The fourth-order valence-corrected chi connectivity index (χ4v) is 2.97. The molecular formula is C14H12N4OS. The lowest BCUT2D eigenvalue weighted by molar-refractivity contribution is -0.112. The van der Waals surface area contributed by atoms with Crippen LogP contribution in [0.5, 0.6) is 0 Å². The number of anilines is 1. The number of para-hydroxylation sites is 1. The third-order valence-electron chi connectivity index (χ3n) is 2.84. The van der Waals surface area contributed by atoms with Crippen molar-refractivity contribution in [1.82, 2.24) is 9.97 Å². The molecule has 0 bridgehead atoms. The third kappa shape index (κ3) is 2.25. The van der Waals surface area contributed by atoms with Crippen molar-refractivity contribution in [2.75, 3.05) is 5.32 Å². The van der Waals surface area contributed by atoms with E-state index in [9.17, 15) is 4.79 Å². The largest absolute Gasteiger partial charge is 0.365 e. The fourth-order valence-electron chi connectivity index (χ4n) is 1.92. The molecule has 0 radical (unpaired) electrons. The summed E-state index contributed by atoms with van der Waals surface area (Å²) in [7, 11) is 0. The molecule has 1 aliphatic rings. The molecule has 1 aliphatic heterocycles. The molecule has 1 amide bonds. The van der Waals surface area contributed by atoms with Gasteiger partial charge in [0.05, 0.1) is 10.7 Å². The zero-order valence-corrected chi connectivity index (χ0v) is 11.6. The minimum absolute atomic E-state index is 0.315. The minimum Gasteiger partial charge on any atom is -0.365 e. The smallest absolute Gasteiger partial charge is 0.255 e. The van der Waals surface area contributed by atoms with Crippen LogP contribution in [0.2, 0.25) is 0 Å². The fraction of sp³-hybridized carbons (Fsp3) is 0.0714. The van der Waals surface area contributed by atoms with Crippen molar-refractivity contribution in [3.8, 4) is 0 Å². The van der Waals surface area contributed by atoms with Gasteiger partial charge >= 0.3 is 0 Å². The Bertz CT molecular complexity index is 700. The van der Waals surface area contributed by atoms with Crippen LogP contribution in [-0.4, -0.2) is 15.9 Å². The van der Waals surface area contributed by atoms with Crippen molar-refractivity contribution < 1.29 is 4.79 Å². The zero-order valence-electron chi connectivity index (χ0n) is 10.8. The Labute approximate surface area is 120 Å². The number of carbonyl (C=O) groups excluding carboxylic acids is 1. The van der Waals surface area contributed by atoms with Crippen LogP contribution < -0.4 is 11.1 Å². The number of amides is 1. The Morgan fingerprint density at radius 1 is 1.30 bits per heavy atom. The summed E-state index contributed by atoms with van der Waals surface area (Å²) in [6.45, 7) is 1.85. The van der Waals surface area contributed by atoms with Gasteiger partial charge in [0.25, 0.3) is 5.91 Å². The predicted octanol–water partition coefficient (Wildman–Crippen LogP) is 2.16. The maximum Gasteiger partial charge on any atom is 0.255 e. The first-order valence-corrected chi connectivity index (χ1v) is 6.85. The van der Waals surface area contributed by atoms with Crippen molar-refractivity contribution in [3.63, 3.8) is 0 Å². The molecule has 20 heavy (non-hydrogen) atoms. The second kappa shape index (κ2) is 4.97. The number of aryl methyl sites for hydroxylation is 1. The predicted molar refractivity (Wildman–Crippen MR) is 78.8 cm³/mol. The van der Waals surface area contributed by atoms with Crippen molar-refractivity contribution in [3.05, 3.63) is 53.1 Å². The summed E-state index contributed by atoms with van der Waals surface area (Å²) in [5.41, 5.74) is 7.56. The first-order chi connectivity index (χ1) is 9.65. The zero-order chi connectivity index (χ0) is 14.1. The van der Waals surface area contributed by atoms with Crippen LogP contribution in [0.3, 0.4) is 0 Å². The molecule has 0 aliphatic carbocycles. The molecule has 1 aromatic heterocycles. The number of carbonyl (C=O) groups is 1. The number of nitrogens with zero attached hydrogens (tertiary/aromatic N) is 2. The summed E-state index contributed by atoms with van der Waals surface area (Å²) in [5, 5.41) is 3.87. The summed E-state index contributed by atoms with van der Waals surface area (Å²) >= 11 is 1.46. The monoisotopic (exact) mass is 284 g/mol. The summed E-state index contributed by atoms with van der Waals surface area (Å²) in [5.74, 6) is -0.196. The highest BCUT2D eigenvalue weighted by molar-refractivity contribution is 8.04. The number of rotatable bonds is 2. The van der Waals surface area contributed by atoms with Crippen molar-refractivity contribution in [1.29, 1.82) is 0 Å². The number of primary amides is 1. The van der Waals surface area contributed by atoms with E-state index in [1.54, 1.807) is 12.3 Å². The van der Waals surface area contributed by atoms with Gasteiger partial charge in [0.15, 0.2) is 5.82 Å². The number of hydrogen-bond donors (Lipinski definition) is 2. The Kier molecular flexibility index (Phi) is 3.15. The van der Waals surface area contributed by atoms with Crippen LogP contribution in [0, 0.1) is 6.92 Å². The van der Waals surface area contributed by atoms with Crippen LogP contribution in [0.1, 0.15) is 11.5 Å². The van der Waals surface area contributed by atoms with Gasteiger partial charge in [-0.3, -0.25) is 4.79 Å². The number of thioether (sulfide) groups is 1. The van der Waals surface area contributed by atoms with E-state index in [0.29, 0.717) is 16.4 Å². The van der Waals surface area contributed by atoms with E-state index in [0.717, 1.165) is 16.3 Å². The lowest BCUT2D eigenvalue weighted by atomic mass is 10.2. The summed E-state index contributed by atoms with van der Waals surface area (Å²) in [4.78, 5) is 21.3. The molecule has 6 heteroatoms. The van der Waals surface area contributed by atoms with Gasteiger partial charge in [-0.15, -0.1) is 0 Å². The molecule has 100 valence electrons. The van der Waals surface area contributed by atoms with Gasteiger partial charge < -0.3 is 11.1 Å². The standard InChI is InChI=1S/C14H12N4OS/c1-8-6-7-16-13(17-8)11(12(15)19)14-18-9-4-2-3-5-10(9)20-14/h2-7,18H,1H3,(H2,15,19)/b14-11-.